The molecule has 0 saturated carbocycles. The molecule has 0 N–H and O–H groups in total. The van der Waals surface area contributed by atoms with Crippen LogP contribution in [0.25, 0.3) is 0 Å². The second-order valence-corrected chi connectivity index (χ2v) is 12.7. The molecule has 17 heteroatoms. The first-order chi connectivity index (χ1) is 22.5. The third kappa shape index (κ3) is 8.25. The van der Waals surface area contributed by atoms with Crippen molar-refractivity contribution < 1.29 is 70.6 Å². The minimum Gasteiger partial charge on any atom is -0.497 e. The van der Waals surface area contributed by atoms with Gasteiger partial charge in [-0.1, -0.05) is 24.3 Å². The van der Waals surface area contributed by atoms with Crippen LogP contribution in [0.2, 0.25) is 0 Å². The van der Waals surface area contributed by atoms with Crippen molar-refractivity contribution in [3.05, 3.63) is 129 Å². The first-order valence-electron chi connectivity index (χ1n) is 13.6. The maximum Gasteiger partial charge on any atom is 0.416 e. The lowest BCUT2D eigenvalue weighted by Gasteiger charge is -2.28. The Labute approximate surface area is 270 Å². The van der Waals surface area contributed by atoms with Gasteiger partial charge in [-0.25, -0.2) is 8.42 Å². The maximum atomic E-state index is 14.8. The van der Waals surface area contributed by atoms with Crippen molar-refractivity contribution >= 4 is 9.84 Å². The lowest BCUT2D eigenvalue weighted by atomic mass is 9.98. The van der Waals surface area contributed by atoms with E-state index in [2.05, 4.69) is 0 Å². The fraction of sp³-hybridized carbons (Fsp3) is 0.250. The molecule has 2 atom stereocenters. The summed E-state index contributed by atoms with van der Waals surface area (Å²) in [7, 11) is -3.13. The van der Waals surface area contributed by atoms with Crippen LogP contribution in [0.1, 0.15) is 55.0 Å². The zero-order valence-electron chi connectivity index (χ0n) is 24.8. The highest BCUT2D eigenvalue weighted by molar-refractivity contribution is 7.92. The SMILES string of the molecule is COc1ccc(C(c2cc(C(F)(F)F)cc(C(F)(F)F)c2)S(=O)(=O)C(c2ccc(OC)cc2)c2cc(C(F)(F)F)cc(C(F)(F)F)c2)cc1. The van der Waals surface area contributed by atoms with Crippen molar-refractivity contribution in [1.82, 2.24) is 0 Å². The summed E-state index contributed by atoms with van der Waals surface area (Å²) >= 11 is 0. The van der Waals surface area contributed by atoms with Crippen LogP contribution in [0, 0.1) is 0 Å². The van der Waals surface area contributed by atoms with E-state index in [0.717, 1.165) is 48.5 Å². The fourth-order valence-electron chi connectivity index (χ4n) is 5.10. The van der Waals surface area contributed by atoms with Gasteiger partial charge in [0.15, 0.2) is 9.84 Å². The fourth-order valence-corrected chi connectivity index (χ4v) is 7.47. The van der Waals surface area contributed by atoms with Crippen molar-refractivity contribution in [2.24, 2.45) is 0 Å². The second-order valence-electron chi connectivity index (χ2n) is 10.6. The van der Waals surface area contributed by atoms with Crippen LogP contribution in [0.3, 0.4) is 0 Å². The second kappa shape index (κ2) is 13.1. The molecule has 4 aromatic rings. The molecular formula is C32H22F12O4S. The summed E-state index contributed by atoms with van der Waals surface area (Å²) < 4.78 is 207. The minimum absolute atomic E-state index is 0.0688. The summed E-state index contributed by atoms with van der Waals surface area (Å²) in [6, 6.07) is 8.36. The van der Waals surface area contributed by atoms with Gasteiger partial charge in [-0.2, -0.15) is 52.7 Å². The normalized spacial score (nSPS) is 14.3. The summed E-state index contributed by atoms with van der Waals surface area (Å²) in [4.78, 5) is 0. The Hall–Kier alpha value is -4.41. The number of ether oxygens (including phenoxy) is 2. The van der Waals surface area contributed by atoms with Gasteiger partial charge in [0, 0.05) is 0 Å². The number of halogens is 12. The van der Waals surface area contributed by atoms with Crippen LogP contribution in [-0.4, -0.2) is 22.6 Å². The first kappa shape index (κ1) is 37.4. The third-order valence-corrected chi connectivity index (χ3v) is 9.72. The number of benzene rings is 4. The van der Waals surface area contributed by atoms with Crippen LogP contribution in [0.4, 0.5) is 52.7 Å². The Kier molecular flexibility index (Phi) is 10.0. The molecule has 0 heterocycles. The molecule has 0 saturated heterocycles. The highest BCUT2D eigenvalue weighted by Crippen LogP contribution is 2.47. The molecule has 264 valence electrons. The van der Waals surface area contributed by atoms with Gasteiger partial charge in [-0.05, 0) is 82.9 Å². The lowest BCUT2D eigenvalue weighted by molar-refractivity contribution is -0.144. The van der Waals surface area contributed by atoms with E-state index < -0.39 is 89.5 Å². The van der Waals surface area contributed by atoms with Crippen molar-refractivity contribution in [2.45, 2.75) is 35.2 Å². The largest absolute Gasteiger partial charge is 0.497 e. The van der Waals surface area contributed by atoms with Gasteiger partial charge < -0.3 is 9.47 Å². The van der Waals surface area contributed by atoms with Crippen molar-refractivity contribution in [3.8, 4) is 11.5 Å². The molecule has 0 fully saturated rings. The predicted octanol–water partition coefficient (Wildman–Crippen LogP) is 10.1. The highest BCUT2D eigenvalue weighted by Gasteiger charge is 2.45. The van der Waals surface area contributed by atoms with Gasteiger partial charge in [0.1, 0.15) is 22.0 Å². The number of methoxy groups -OCH3 is 2. The van der Waals surface area contributed by atoms with E-state index >= 15 is 0 Å². The molecular weight excluding hydrogens is 708 g/mol. The monoisotopic (exact) mass is 730 g/mol. The number of sulfone groups is 1. The molecule has 0 aliphatic heterocycles. The molecule has 0 radical (unpaired) electrons. The average molecular weight is 731 g/mol. The summed E-state index contributed by atoms with van der Waals surface area (Å²) in [5.41, 5.74) is -10.8. The van der Waals surface area contributed by atoms with Gasteiger partial charge in [-0.3, -0.25) is 0 Å². The third-order valence-electron chi connectivity index (χ3n) is 7.32. The van der Waals surface area contributed by atoms with Crippen LogP contribution in [-0.2, 0) is 34.5 Å². The van der Waals surface area contributed by atoms with Gasteiger partial charge in [-0.15, -0.1) is 0 Å². The Morgan fingerprint density at radius 3 is 0.878 bits per heavy atom. The van der Waals surface area contributed by atoms with E-state index in [1.54, 1.807) is 0 Å². The average Bonchev–Trinajstić information content (AvgIpc) is 2.99. The van der Waals surface area contributed by atoms with Gasteiger partial charge in [0.2, 0.25) is 0 Å². The Balaban J connectivity index is 2.16. The zero-order valence-corrected chi connectivity index (χ0v) is 25.6. The molecule has 0 aliphatic rings. The molecule has 0 spiro atoms. The Morgan fingerprint density at radius 2 is 0.673 bits per heavy atom. The summed E-state index contributed by atoms with van der Waals surface area (Å²) in [6.45, 7) is 0. The van der Waals surface area contributed by atoms with E-state index in [1.807, 2.05) is 0 Å². The van der Waals surface area contributed by atoms with E-state index in [9.17, 15) is 61.1 Å². The van der Waals surface area contributed by atoms with Crippen molar-refractivity contribution in [1.29, 1.82) is 0 Å². The molecule has 4 aromatic carbocycles. The highest BCUT2D eigenvalue weighted by atomic mass is 32.2. The first-order valence-corrected chi connectivity index (χ1v) is 15.2. The number of hydrogen-bond acceptors (Lipinski definition) is 4. The number of hydrogen-bond donors (Lipinski definition) is 0. The van der Waals surface area contributed by atoms with Crippen molar-refractivity contribution in [3.63, 3.8) is 0 Å². The molecule has 49 heavy (non-hydrogen) atoms. The molecule has 4 nitrogen and oxygen atoms in total. The summed E-state index contributed by atoms with van der Waals surface area (Å²) in [5.74, 6) is 0.138. The maximum absolute atomic E-state index is 14.8. The summed E-state index contributed by atoms with van der Waals surface area (Å²) in [6.07, 6.45) is -21.8. The standard InChI is InChI=1S/C32H22F12O4S/c1-47-25-7-3-17(4-8-25)27(19-11-21(29(33,34)35)15-22(12-19)30(36,37)38)49(45,46)28(18-5-9-26(48-2)10-6-18)20-13-23(31(39,40)41)16-24(14-20)32(42,43)44/h3-16,27-28H,1-2H3. The van der Waals surface area contributed by atoms with Crippen molar-refractivity contribution in [2.75, 3.05) is 14.2 Å². The zero-order chi connectivity index (χ0) is 36.7. The van der Waals surface area contributed by atoms with E-state index in [-0.39, 0.29) is 47.9 Å². The molecule has 0 bridgehead atoms. The van der Waals surface area contributed by atoms with Crippen LogP contribution < -0.4 is 9.47 Å². The smallest absolute Gasteiger partial charge is 0.416 e. The van der Waals surface area contributed by atoms with Gasteiger partial charge in [0.25, 0.3) is 0 Å². The predicted molar refractivity (Wildman–Crippen MR) is 151 cm³/mol. The van der Waals surface area contributed by atoms with Gasteiger partial charge >= 0.3 is 24.7 Å². The molecule has 2 unspecified atom stereocenters. The summed E-state index contributed by atoms with van der Waals surface area (Å²) in [5, 5.41) is -5.03. The molecule has 4 rings (SSSR count). The van der Waals surface area contributed by atoms with E-state index in [4.69, 9.17) is 9.47 Å². The minimum atomic E-state index is -5.51. The van der Waals surface area contributed by atoms with Gasteiger partial charge in [0.05, 0.1) is 36.5 Å². The lowest BCUT2D eigenvalue weighted by Crippen LogP contribution is -2.25. The topological polar surface area (TPSA) is 52.6 Å². The number of rotatable bonds is 8. The van der Waals surface area contributed by atoms with Crippen LogP contribution >= 0.6 is 0 Å². The van der Waals surface area contributed by atoms with Crippen LogP contribution in [0.15, 0.2) is 84.9 Å². The van der Waals surface area contributed by atoms with E-state index in [1.165, 1.54) is 14.2 Å². The van der Waals surface area contributed by atoms with E-state index in [0.29, 0.717) is 0 Å². The molecule has 0 aliphatic carbocycles. The Bertz CT molecular complexity index is 1700. The van der Waals surface area contributed by atoms with Crippen LogP contribution in [0.5, 0.6) is 11.5 Å². The molecule has 0 amide bonds. The quantitative estimate of drug-likeness (QED) is 0.170. The number of alkyl halides is 12. The molecule has 0 aromatic heterocycles. The Morgan fingerprint density at radius 1 is 0.429 bits per heavy atom.